The van der Waals surface area contributed by atoms with Crippen molar-refractivity contribution in [2.45, 2.75) is 56.0 Å². The zero-order valence-electron chi connectivity index (χ0n) is 18.5. The van der Waals surface area contributed by atoms with Gasteiger partial charge < -0.3 is 16.0 Å². The fraction of sp³-hybridized carbons (Fsp3) is 0.500. The number of piperidine rings is 1. The molecule has 1 atom stereocenters. The first-order valence-corrected chi connectivity index (χ1v) is 12.1. The van der Waals surface area contributed by atoms with Crippen LogP contribution in [0.4, 0.5) is 23.5 Å². The normalized spacial score (nSPS) is 18.0. The Labute approximate surface area is 192 Å². The van der Waals surface area contributed by atoms with Gasteiger partial charge in [-0.25, -0.2) is 0 Å². The van der Waals surface area contributed by atoms with Gasteiger partial charge in [-0.1, -0.05) is 36.9 Å². The maximum atomic E-state index is 5.99. The van der Waals surface area contributed by atoms with Gasteiger partial charge in [0.1, 0.15) is 5.82 Å². The van der Waals surface area contributed by atoms with Crippen LogP contribution in [0.2, 0.25) is 0 Å². The molecular weight excluding hydrogens is 422 g/mol. The first-order chi connectivity index (χ1) is 15.6. The van der Waals surface area contributed by atoms with Crippen molar-refractivity contribution < 1.29 is 0 Å². The van der Waals surface area contributed by atoms with Gasteiger partial charge in [-0.05, 0) is 50.7 Å². The summed E-state index contributed by atoms with van der Waals surface area (Å²) in [4.78, 5) is 15.6. The molecule has 0 bridgehead atoms. The number of hydrogen-bond acceptors (Lipinski definition) is 9. The zero-order valence-corrected chi connectivity index (χ0v) is 19.3. The van der Waals surface area contributed by atoms with E-state index in [1.54, 1.807) is 11.8 Å². The maximum Gasteiger partial charge on any atom is 0.232 e. The number of nitrogens with two attached hydrogens (primary N) is 1. The highest BCUT2D eigenvalue weighted by atomic mass is 32.2. The van der Waals surface area contributed by atoms with Gasteiger partial charge >= 0.3 is 0 Å². The number of hydrogen-bond donors (Lipinski definition) is 2. The Balaban J connectivity index is 1.35. The molecule has 2 fully saturated rings. The van der Waals surface area contributed by atoms with Gasteiger partial charge in [0.25, 0.3) is 0 Å². The number of thioether (sulfide) groups is 1. The van der Waals surface area contributed by atoms with Crippen LogP contribution in [0.3, 0.4) is 0 Å². The largest absolute Gasteiger partial charge is 0.368 e. The van der Waals surface area contributed by atoms with E-state index in [4.69, 9.17) is 5.73 Å². The summed E-state index contributed by atoms with van der Waals surface area (Å²) in [5.74, 6) is 3.06. The number of nitrogens with zero attached hydrogens (tertiary/aromatic N) is 7. The smallest absolute Gasteiger partial charge is 0.232 e. The number of rotatable bonds is 7. The second-order valence-electron chi connectivity index (χ2n) is 8.68. The molecule has 3 N–H and O–H groups in total. The zero-order chi connectivity index (χ0) is 22.1. The number of nitrogens with one attached hydrogen (secondary N) is 1. The van der Waals surface area contributed by atoms with E-state index in [0.717, 1.165) is 35.8 Å². The van der Waals surface area contributed by atoms with E-state index < -0.39 is 0 Å². The summed E-state index contributed by atoms with van der Waals surface area (Å²) in [6.07, 6.45) is 4.78. The van der Waals surface area contributed by atoms with Crippen LogP contribution < -0.4 is 16.0 Å². The highest BCUT2D eigenvalue weighted by molar-refractivity contribution is 7.99. The maximum absolute atomic E-state index is 5.99. The molecule has 1 aliphatic heterocycles. The first-order valence-electron chi connectivity index (χ1n) is 11.3. The highest BCUT2D eigenvalue weighted by Crippen LogP contribution is 2.44. The molecule has 1 saturated carbocycles. The molecule has 1 aromatic carbocycles. The molecule has 10 heteroatoms. The number of anilines is 4. The minimum atomic E-state index is -0.0486. The molecule has 2 aromatic heterocycles. The van der Waals surface area contributed by atoms with E-state index in [0.29, 0.717) is 17.8 Å². The summed E-state index contributed by atoms with van der Waals surface area (Å²) in [7, 11) is 0. The van der Waals surface area contributed by atoms with Crippen LogP contribution in [0.15, 0.2) is 35.5 Å². The van der Waals surface area contributed by atoms with Crippen LogP contribution in [0.25, 0.3) is 0 Å². The van der Waals surface area contributed by atoms with Crippen molar-refractivity contribution in [1.29, 1.82) is 0 Å². The quantitative estimate of drug-likeness (QED) is 0.510. The SMILES string of the molecule is CC1CCN(c2nnc(SC(C)c3nc(N)nc(Nc4ccccc4)n3)n2C2CC2)CC1. The Hall–Kier alpha value is -2.88. The van der Waals surface area contributed by atoms with Crippen molar-refractivity contribution in [2.75, 3.05) is 29.0 Å². The second kappa shape index (κ2) is 8.93. The summed E-state index contributed by atoms with van der Waals surface area (Å²) >= 11 is 1.63. The van der Waals surface area contributed by atoms with Gasteiger partial charge in [0.05, 0.1) is 5.25 Å². The summed E-state index contributed by atoms with van der Waals surface area (Å²) in [5.41, 5.74) is 6.90. The Morgan fingerprint density at radius 2 is 1.78 bits per heavy atom. The lowest BCUT2D eigenvalue weighted by Crippen LogP contribution is -2.34. The Morgan fingerprint density at radius 1 is 1.03 bits per heavy atom. The molecule has 2 aliphatic rings. The van der Waals surface area contributed by atoms with Crippen LogP contribution in [0.1, 0.15) is 56.6 Å². The molecule has 168 valence electrons. The van der Waals surface area contributed by atoms with Crippen LogP contribution in [0.5, 0.6) is 0 Å². The molecule has 0 spiro atoms. The second-order valence-corrected chi connectivity index (χ2v) is 9.99. The lowest BCUT2D eigenvalue weighted by molar-refractivity contribution is 0.429. The lowest BCUT2D eigenvalue weighted by atomic mass is 10.00. The Kier molecular flexibility index (Phi) is 5.86. The third-order valence-electron chi connectivity index (χ3n) is 5.97. The minimum Gasteiger partial charge on any atom is -0.368 e. The van der Waals surface area contributed by atoms with Gasteiger partial charge in [-0.15, -0.1) is 10.2 Å². The van der Waals surface area contributed by atoms with Gasteiger partial charge in [-0.2, -0.15) is 15.0 Å². The van der Waals surface area contributed by atoms with E-state index in [9.17, 15) is 0 Å². The van der Waals surface area contributed by atoms with Gasteiger partial charge in [0, 0.05) is 24.8 Å². The first kappa shape index (κ1) is 21.0. The van der Waals surface area contributed by atoms with Crippen LogP contribution in [0, 0.1) is 5.92 Å². The fourth-order valence-electron chi connectivity index (χ4n) is 3.93. The number of nitrogen functional groups attached to an aromatic ring is 1. The standard InChI is InChI=1S/C22H29N9S/c1-14-10-12-30(13-11-14)21-28-29-22(31(21)17-8-9-17)32-15(2)18-25-19(23)27-20(26-18)24-16-6-4-3-5-7-16/h3-7,14-15,17H,8-13H2,1-2H3,(H3,23,24,25,26,27). The topological polar surface area (TPSA) is 111 Å². The third kappa shape index (κ3) is 4.64. The van der Waals surface area contributed by atoms with Gasteiger partial charge in [0.15, 0.2) is 5.16 Å². The van der Waals surface area contributed by atoms with E-state index in [-0.39, 0.29) is 11.2 Å². The number of benzene rings is 1. The molecule has 0 amide bonds. The third-order valence-corrected chi connectivity index (χ3v) is 7.02. The van der Waals surface area contributed by atoms with Crippen molar-refractivity contribution in [3.63, 3.8) is 0 Å². The van der Waals surface area contributed by atoms with Gasteiger partial charge in [-0.3, -0.25) is 4.57 Å². The van der Waals surface area contributed by atoms with Crippen molar-refractivity contribution in [1.82, 2.24) is 29.7 Å². The molecule has 1 aliphatic carbocycles. The average molecular weight is 452 g/mol. The van der Waals surface area contributed by atoms with Crippen LogP contribution >= 0.6 is 11.8 Å². The van der Waals surface area contributed by atoms with Crippen LogP contribution in [-0.2, 0) is 0 Å². The Morgan fingerprint density at radius 3 is 2.50 bits per heavy atom. The summed E-state index contributed by atoms with van der Waals surface area (Å²) in [6.45, 7) is 6.49. The molecule has 5 rings (SSSR count). The van der Waals surface area contributed by atoms with Crippen molar-refractivity contribution in [2.24, 2.45) is 5.92 Å². The van der Waals surface area contributed by atoms with Crippen molar-refractivity contribution in [3.8, 4) is 0 Å². The van der Waals surface area contributed by atoms with E-state index in [1.165, 1.54) is 25.7 Å². The Bertz CT molecular complexity index is 1060. The van der Waals surface area contributed by atoms with E-state index in [2.05, 4.69) is 53.8 Å². The summed E-state index contributed by atoms with van der Waals surface area (Å²) in [6, 6.07) is 10.3. The average Bonchev–Trinajstić information content (AvgIpc) is 3.54. The highest BCUT2D eigenvalue weighted by Gasteiger charge is 2.33. The molecule has 1 saturated heterocycles. The molecular formula is C22H29N9S. The predicted molar refractivity (Wildman–Crippen MR) is 127 cm³/mol. The molecule has 0 radical (unpaired) electrons. The molecule has 3 heterocycles. The molecule has 32 heavy (non-hydrogen) atoms. The van der Waals surface area contributed by atoms with E-state index in [1.807, 2.05) is 30.3 Å². The van der Waals surface area contributed by atoms with Crippen molar-refractivity contribution >= 4 is 35.3 Å². The minimum absolute atomic E-state index is 0.0486. The predicted octanol–water partition coefficient (Wildman–Crippen LogP) is 4.21. The van der Waals surface area contributed by atoms with E-state index >= 15 is 0 Å². The van der Waals surface area contributed by atoms with Crippen molar-refractivity contribution in [3.05, 3.63) is 36.2 Å². The number of aromatic nitrogens is 6. The molecule has 1 unspecified atom stereocenters. The summed E-state index contributed by atoms with van der Waals surface area (Å²) in [5, 5.41) is 13.2. The lowest BCUT2D eigenvalue weighted by Gasteiger charge is -2.31. The fourth-order valence-corrected chi connectivity index (χ4v) is 4.89. The molecule has 9 nitrogen and oxygen atoms in total. The van der Waals surface area contributed by atoms with Gasteiger partial charge in [0.2, 0.25) is 17.8 Å². The summed E-state index contributed by atoms with van der Waals surface area (Å²) < 4.78 is 2.32. The van der Waals surface area contributed by atoms with Crippen LogP contribution in [-0.4, -0.2) is 42.8 Å². The number of para-hydroxylation sites is 1. The molecule has 3 aromatic rings. The monoisotopic (exact) mass is 451 g/mol.